The molecule has 1 rings (SSSR count). The first-order chi connectivity index (χ1) is 7.00. The molecule has 3 nitrogen and oxygen atoms in total. The minimum absolute atomic E-state index is 0.230. The van der Waals surface area contributed by atoms with E-state index in [1.165, 1.54) is 0 Å². The summed E-state index contributed by atoms with van der Waals surface area (Å²) in [6, 6.07) is 4.92. The first-order valence-corrected chi connectivity index (χ1v) is 5.59. The van der Waals surface area contributed by atoms with Crippen molar-refractivity contribution in [2.24, 2.45) is 0 Å². The van der Waals surface area contributed by atoms with Crippen molar-refractivity contribution in [1.29, 1.82) is 0 Å². The zero-order chi connectivity index (χ0) is 11.4. The van der Waals surface area contributed by atoms with Gasteiger partial charge in [0, 0.05) is 16.0 Å². The minimum atomic E-state index is -0.556. The van der Waals surface area contributed by atoms with Crippen LogP contribution in [0.3, 0.4) is 0 Å². The molecule has 0 bridgehead atoms. The highest BCUT2D eigenvalue weighted by molar-refractivity contribution is 9.10. The number of nitrogens with one attached hydrogen (secondary N) is 1. The molecule has 0 fully saturated rings. The summed E-state index contributed by atoms with van der Waals surface area (Å²) in [7, 11) is 0. The summed E-state index contributed by atoms with van der Waals surface area (Å²) in [5.41, 5.74) is 0.500. The van der Waals surface area contributed by atoms with Crippen molar-refractivity contribution >= 4 is 33.4 Å². The van der Waals surface area contributed by atoms with Crippen LogP contribution in [0.2, 0.25) is 5.02 Å². The Balaban J connectivity index is 2.74. The van der Waals surface area contributed by atoms with Crippen molar-refractivity contribution in [2.45, 2.75) is 13.0 Å². The SMILES string of the molecule is CC(O)CNC(=O)c1ccc(Cl)cc1Br. The molecule has 0 aliphatic carbocycles. The van der Waals surface area contributed by atoms with Gasteiger partial charge in [0.15, 0.2) is 0 Å². The van der Waals surface area contributed by atoms with E-state index in [1.54, 1.807) is 25.1 Å². The van der Waals surface area contributed by atoms with Gasteiger partial charge in [0.05, 0.1) is 11.7 Å². The van der Waals surface area contributed by atoms with Crippen LogP contribution in [0.1, 0.15) is 17.3 Å². The number of carbonyl (C=O) groups excluding carboxylic acids is 1. The van der Waals surface area contributed by atoms with E-state index in [0.29, 0.717) is 15.1 Å². The third-order valence-corrected chi connectivity index (χ3v) is 2.62. The number of aliphatic hydroxyl groups is 1. The van der Waals surface area contributed by atoms with Crippen molar-refractivity contribution in [2.75, 3.05) is 6.54 Å². The fourth-order valence-electron chi connectivity index (χ4n) is 1.01. The Hall–Kier alpha value is -0.580. The Morgan fingerprint density at radius 3 is 2.87 bits per heavy atom. The zero-order valence-electron chi connectivity index (χ0n) is 8.13. The maximum atomic E-state index is 11.6. The number of benzene rings is 1. The van der Waals surface area contributed by atoms with Gasteiger partial charge in [0.2, 0.25) is 0 Å². The molecule has 0 aliphatic heterocycles. The molecule has 82 valence electrons. The Morgan fingerprint density at radius 2 is 2.33 bits per heavy atom. The van der Waals surface area contributed by atoms with E-state index in [0.717, 1.165) is 0 Å². The summed E-state index contributed by atoms with van der Waals surface area (Å²) < 4.78 is 0.637. The zero-order valence-corrected chi connectivity index (χ0v) is 10.5. The topological polar surface area (TPSA) is 49.3 Å². The fourth-order valence-corrected chi connectivity index (χ4v) is 1.87. The molecular weight excluding hydrogens is 281 g/mol. The van der Waals surface area contributed by atoms with Crippen molar-refractivity contribution in [3.63, 3.8) is 0 Å². The first-order valence-electron chi connectivity index (χ1n) is 4.42. The third-order valence-electron chi connectivity index (χ3n) is 1.73. The van der Waals surface area contributed by atoms with E-state index in [9.17, 15) is 4.79 Å². The summed E-state index contributed by atoms with van der Waals surface area (Å²) in [6.07, 6.45) is -0.556. The molecule has 2 N–H and O–H groups in total. The summed E-state index contributed by atoms with van der Waals surface area (Å²) in [6.45, 7) is 1.84. The van der Waals surface area contributed by atoms with E-state index in [4.69, 9.17) is 16.7 Å². The van der Waals surface area contributed by atoms with Crippen molar-refractivity contribution in [3.05, 3.63) is 33.3 Å². The van der Waals surface area contributed by atoms with Gasteiger partial charge >= 0.3 is 0 Å². The van der Waals surface area contributed by atoms with E-state index in [1.807, 2.05) is 0 Å². The van der Waals surface area contributed by atoms with E-state index in [-0.39, 0.29) is 12.5 Å². The molecule has 1 unspecified atom stereocenters. The summed E-state index contributed by atoms with van der Waals surface area (Å²) in [5, 5.41) is 12.2. The van der Waals surface area contributed by atoms with Gasteiger partial charge in [-0.25, -0.2) is 0 Å². The lowest BCUT2D eigenvalue weighted by Crippen LogP contribution is -2.30. The lowest BCUT2D eigenvalue weighted by molar-refractivity contribution is 0.0923. The predicted molar refractivity (Wildman–Crippen MR) is 63.2 cm³/mol. The lowest BCUT2D eigenvalue weighted by atomic mass is 10.2. The lowest BCUT2D eigenvalue weighted by Gasteiger charge is -2.08. The highest BCUT2D eigenvalue weighted by atomic mass is 79.9. The van der Waals surface area contributed by atoms with Crippen LogP contribution in [0, 0.1) is 0 Å². The maximum absolute atomic E-state index is 11.6. The average Bonchev–Trinajstić information content (AvgIpc) is 2.14. The monoisotopic (exact) mass is 291 g/mol. The van der Waals surface area contributed by atoms with E-state index >= 15 is 0 Å². The molecule has 0 saturated heterocycles. The molecule has 5 heteroatoms. The number of rotatable bonds is 3. The quantitative estimate of drug-likeness (QED) is 0.897. The first kappa shape index (κ1) is 12.5. The van der Waals surface area contributed by atoms with Gasteiger partial charge in [-0.05, 0) is 41.1 Å². The molecule has 0 saturated carbocycles. The van der Waals surface area contributed by atoms with Gasteiger partial charge in [-0.3, -0.25) is 4.79 Å². The van der Waals surface area contributed by atoms with Crippen LogP contribution in [0.4, 0.5) is 0 Å². The number of aliphatic hydroxyl groups excluding tert-OH is 1. The summed E-state index contributed by atoms with van der Waals surface area (Å²) in [5.74, 6) is -0.237. The number of halogens is 2. The van der Waals surface area contributed by atoms with Gasteiger partial charge in [0.1, 0.15) is 0 Å². The molecule has 1 aromatic carbocycles. The normalized spacial score (nSPS) is 12.3. The molecule has 0 aliphatic rings. The molecule has 15 heavy (non-hydrogen) atoms. The Morgan fingerprint density at radius 1 is 1.67 bits per heavy atom. The smallest absolute Gasteiger partial charge is 0.252 e. The molecule has 0 spiro atoms. The van der Waals surface area contributed by atoms with Gasteiger partial charge in [-0.1, -0.05) is 11.6 Å². The highest BCUT2D eigenvalue weighted by Gasteiger charge is 2.10. The maximum Gasteiger partial charge on any atom is 0.252 e. The molecule has 0 aromatic heterocycles. The number of amides is 1. The van der Waals surface area contributed by atoms with Gasteiger partial charge in [-0.2, -0.15) is 0 Å². The van der Waals surface area contributed by atoms with Gasteiger partial charge < -0.3 is 10.4 Å². The molecule has 1 atom stereocenters. The number of hydrogen-bond donors (Lipinski definition) is 2. The van der Waals surface area contributed by atoms with E-state index < -0.39 is 6.10 Å². The average molecular weight is 293 g/mol. The van der Waals surface area contributed by atoms with Crippen LogP contribution in [0.25, 0.3) is 0 Å². The molecule has 1 aromatic rings. The Labute approximate surface area is 102 Å². The second-order valence-electron chi connectivity index (χ2n) is 3.18. The minimum Gasteiger partial charge on any atom is -0.392 e. The van der Waals surface area contributed by atoms with Crippen LogP contribution >= 0.6 is 27.5 Å². The molecular formula is C10H11BrClNO2. The third kappa shape index (κ3) is 3.81. The van der Waals surface area contributed by atoms with Crippen molar-refractivity contribution in [1.82, 2.24) is 5.32 Å². The van der Waals surface area contributed by atoms with Gasteiger partial charge in [-0.15, -0.1) is 0 Å². The summed E-state index contributed by atoms with van der Waals surface area (Å²) in [4.78, 5) is 11.6. The Kier molecular flexibility index (Phi) is 4.57. The summed E-state index contributed by atoms with van der Waals surface area (Å²) >= 11 is 8.99. The van der Waals surface area contributed by atoms with Crippen LogP contribution in [0.15, 0.2) is 22.7 Å². The van der Waals surface area contributed by atoms with Gasteiger partial charge in [0.25, 0.3) is 5.91 Å². The van der Waals surface area contributed by atoms with Crippen LogP contribution < -0.4 is 5.32 Å². The second-order valence-corrected chi connectivity index (χ2v) is 4.47. The van der Waals surface area contributed by atoms with Crippen LogP contribution in [-0.2, 0) is 0 Å². The molecule has 0 heterocycles. The largest absolute Gasteiger partial charge is 0.392 e. The second kappa shape index (κ2) is 5.49. The fraction of sp³-hybridized carbons (Fsp3) is 0.300. The van der Waals surface area contributed by atoms with Crippen LogP contribution in [0.5, 0.6) is 0 Å². The highest BCUT2D eigenvalue weighted by Crippen LogP contribution is 2.21. The predicted octanol–water partition coefficient (Wildman–Crippen LogP) is 2.21. The van der Waals surface area contributed by atoms with Crippen molar-refractivity contribution < 1.29 is 9.90 Å². The Bertz CT molecular complexity index is 368. The number of hydrogen-bond acceptors (Lipinski definition) is 2. The number of carbonyl (C=O) groups is 1. The van der Waals surface area contributed by atoms with Crippen molar-refractivity contribution in [3.8, 4) is 0 Å². The van der Waals surface area contributed by atoms with E-state index in [2.05, 4.69) is 21.2 Å². The molecule has 0 radical (unpaired) electrons. The standard InChI is InChI=1S/C10H11BrClNO2/c1-6(14)5-13-10(15)8-3-2-7(12)4-9(8)11/h2-4,6,14H,5H2,1H3,(H,13,15). The molecule has 1 amide bonds. The van der Waals surface area contributed by atoms with Crippen LogP contribution in [-0.4, -0.2) is 23.7 Å².